The van der Waals surface area contributed by atoms with Crippen molar-refractivity contribution in [3.05, 3.63) is 33.4 Å². The molecule has 0 bridgehead atoms. The summed E-state index contributed by atoms with van der Waals surface area (Å²) in [6.45, 7) is 7.60. The van der Waals surface area contributed by atoms with E-state index in [1.807, 2.05) is 0 Å². The summed E-state index contributed by atoms with van der Waals surface area (Å²) in [7, 11) is 0. The fourth-order valence-corrected chi connectivity index (χ4v) is 3.10. The van der Waals surface area contributed by atoms with E-state index in [-0.39, 0.29) is 5.60 Å². The maximum absolute atomic E-state index is 5.99. The summed E-state index contributed by atoms with van der Waals surface area (Å²) in [5, 5.41) is 0. The summed E-state index contributed by atoms with van der Waals surface area (Å²) in [6, 6.07) is 8.90. The lowest BCUT2D eigenvalue weighted by atomic mass is 10.0. The van der Waals surface area contributed by atoms with Crippen molar-refractivity contribution in [3.8, 4) is 0 Å². The summed E-state index contributed by atoms with van der Waals surface area (Å²) < 4.78 is 7.03. The second kappa shape index (κ2) is 5.86. The minimum Gasteiger partial charge on any atom is -0.373 e. The molecule has 1 unspecified atom stereocenters. The third-order valence-electron chi connectivity index (χ3n) is 3.35. The van der Waals surface area contributed by atoms with Crippen LogP contribution in [0.25, 0.3) is 0 Å². The van der Waals surface area contributed by atoms with Crippen molar-refractivity contribution in [1.82, 2.24) is 4.90 Å². The van der Waals surface area contributed by atoms with E-state index in [9.17, 15) is 0 Å². The summed E-state index contributed by atoms with van der Waals surface area (Å²) >= 11 is 2.35. The van der Waals surface area contributed by atoms with Gasteiger partial charge in [0.25, 0.3) is 0 Å². The van der Waals surface area contributed by atoms with Crippen molar-refractivity contribution in [1.29, 1.82) is 0 Å². The van der Waals surface area contributed by atoms with Crippen LogP contribution in [0.3, 0.4) is 0 Å². The standard InChI is InChI=1S/C14H21IN2O/c1-14(2)10-17(6-7-18-14)13(9-16)11-4-3-5-12(15)8-11/h3-5,8,13H,6-7,9-10,16H2,1-2H3. The van der Waals surface area contributed by atoms with Crippen LogP contribution in [0.2, 0.25) is 0 Å². The van der Waals surface area contributed by atoms with Gasteiger partial charge in [0.05, 0.1) is 12.2 Å². The molecule has 2 N–H and O–H groups in total. The summed E-state index contributed by atoms with van der Waals surface area (Å²) in [5.41, 5.74) is 7.22. The molecule has 0 saturated carbocycles. The van der Waals surface area contributed by atoms with Crippen LogP contribution in [0.15, 0.2) is 24.3 Å². The lowest BCUT2D eigenvalue weighted by Crippen LogP contribution is -2.50. The van der Waals surface area contributed by atoms with Crippen LogP contribution >= 0.6 is 22.6 Å². The molecular weight excluding hydrogens is 339 g/mol. The molecule has 0 aliphatic carbocycles. The smallest absolute Gasteiger partial charge is 0.0753 e. The Kier molecular flexibility index (Phi) is 4.64. The minimum absolute atomic E-state index is 0.0758. The van der Waals surface area contributed by atoms with E-state index in [0.717, 1.165) is 19.7 Å². The minimum atomic E-state index is -0.0758. The van der Waals surface area contributed by atoms with Crippen molar-refractivity contribution >= 4 is 22.6 Å². The van der Waals surface area contributed by atoms with Gasteiger partial charge in [-0.15, -0.1) is 0 Å². The van der Waals surface area contributed by atoms with Gasteiger partial charge in [-0.25, -0.2) is 0 Å². The Morgan fingerprint density at radius 2 is 2.28 bits per heavy atom. The number of hydrogen-bond donors (Lipinski definition) is 1. The van der Waals surface area contributed by atoms with Crippen molar-refractivity contribution in [2.45, 2.75) is 25.5 Å². The van der Waals surface area contributed by atoms with Crippen molar-refractivity contribution in [2.24, 2.45) is 5.73 Å². The largest absolute Gasteiger partial charge is 0.373 e. The van der Waals surface area contributed by atoms with Crippen LogP contribution in [-0.2, 0) is 4.74 Å². The number of nitrogens with zero attached hydrogens (tertiary/aromatic N) is 1. The molecule has 1 atom stereocenters. The fraction of sp³-hybridized carbons (Fsp3) is 0.571. The zero-order valence-corrected chi connectivity index (χ0v) is 13.2. The molecule has 0 radical (unpaired) electrons. The zero-order valence-electron chi connectivity index (χ0n) is 11.0. The Morgan fingerprint density at radius 3 is 2.89 bits per heavy atom. The van der Waals surface area contributed by atoms with Crippen LogP contribution in [0.1, 0.15) is 25.5 Å². The van der Waals surface area contributed by atoms with Gasteiger partial charge in [-0.05, 0) is 54.1 Å². The second-order valence-corrected chi connectivity index (χ2v) is 6.63. The van der Waals surface area contributed by atoms with Crippen LogP contribution in [-0.4, -0.2) is 36.7 Å². The number of nitrogens with two attached hydrogens (primary N) is 1. The molecule has 18 heavy (non-hydrogen) atoms. The molecule has 3 nitrogen and oxygen atoms in total. The maximum atomic E-state index is 5.99. The van der Waals surface area contributed by atoms with Gasteiger partial charge in [0.15, 0.2) is 0 Å². The monoisotopic (exact) mass is 360 g/mol. The highest BCUT2D eigenvalue weighted by atomic mass is 127. The summed E-state index contributed by atoms with van der Waals surface area (Å²) in [4.78, 5) is 2.44. The summed E-state index contributed by atoms with van der Waals surface area (Å²) in [6.07, 6.45) is 0. The average Bonchev–Trinajstić information content (AvgIpc) is 2.29. The predicted molar refractivity (Wildman–Crippen MR) is 82.6 cm³/mol. The molecule has 1 fully saturated rings. The Hall–Kier alpha value is -0.170. The first-order valence-corrected chi connectivity index (χ1v) is 7.43. The van der Waals surface area contributed by atoms with Crippen molar-refractivity contribution < 1.29 is 4.74 Å². The lowest BCUT2D eigenvalue weighted by Gasteiger charge is -2.42. The topological polar surface area (TPSA) is 38.5 Å². The number of benzene rings is 1. The molecule has 100 valence electrons. The van der Waals surface area contributed by atoms with E-state index >= 15 is 0 Å². The second-order valence-electron chi connectivity index (χ2n) is 5.39. The SMILES string of the molecule is CC1(C)CN(C(CN)c2cccc(I)c2)CCO1. The molecule has 0 aromatic heterocycles. The first-order valence-electron chi connectivity index (χ1n) is 6.35. The molecule has 1 aromatic rings. The Bertz CT molecular complexity index is 409. The first kappa shape index (κ1) is 14.2. The van der Waals surface area contributed by atoms with Gasteiger partial charge < -0.3 is 10.5 Å². The summed E-state index contributed by atoms with van der Waals surface area (Å²) in [5.74, 6) is 0. The fourth-order valence-electron chi connectivity index (χ4n) is 2.53. The van der Waals surface area contributed by atoms with E-state index in [1.54, 1.807) is 0 Å². The van der Waals surface area contributed by atoms with E-state index in [4.69, 9.17) is 10.5 Å². The van der Waals surface area contributed by atoms with E-state index in [0.29, 0.717) is 12.6 Å². The first-order chi connectivity index (χ1) is 8.52. The van der Waals surface area contributed by atoms with Crippen LogP contribution < -0.4 is 5.73 Å². The molecule has 4 heteroatoms. The number of rotatable bonds is 3. The van der Waals surface area contributed by atoms with Gasteiger partial charge in [0.1, 0.15) is 0 Å². The van der Waals surface area contributed by atoms with Crippen LogP contribution in [0.5, 0.6) is 0 Å². The van der Waals surface area contributed by atoms with Gasteiger partial charge in [-0.1, -0.05) is 12.1 Å². The molecule has 0 spiro atoms. The van der Waals surface area contributed by atoms with E-state index in [1.165, 1.54) is 9.13 Å². The Morgan fingerprint density at radius 1 is 1.50 bits per heavy atom. The van der Waals surface area contributed by atoms with Crippen LogP contribution in [0, 0.1) is 3.57 Å². The number of hydrogen-bond acceptors (Lipinski definition) is 3. The van der Waals surface area contributed by atoms with Crippen molar-refractivity contribution in [3.63, 3.8) is 0 Å². The maximum Gasteiger partial charge on any atom is 0.0753 e. The molecule has 0 amide bonds. The highest BCUT2D eigenvalue weighted by Crippen LogP contribution is 2.26. The molecular formula is C14H21IN2O. The normalized spacial score (nSPS) is 21.8. The molecule has 1 saturated heterocycles. The number of halogens is 1. The van der Waals surface area contributed by atoms with Gasteiger partial charge in [-0.2, -0.15) is 0 Å². The predicted octanol–water partition coefficient (Wildman–Crippen LogP) is 2.40. The average molecular weight is 360 g/mol. The quantitative estimate of drug-likeness (QED) is 0.842. The third kappa shape index (κ3) is 3.44. The molecule has 2 rings (SSSR count). The number of morpholine rings is 1. The lowest BCUT2D eigenvalue weighted by molar-refractivity contribution is -0.0967. The van der Waals surface area contributed by atoms with Gasteiger partial charge in [-0.3, -0.25) is 4.90 Å². The van der Waals surface area contributed by atoms with Gasteiger partial charge in [0.2, 0.25) is 0 Å². The third-order valence-corrected chi connectivity index (χ3v) is 4.02. The Balaban J connectivity index is 2.18. The zero-order chi connectivity index (χ0) is 13.2. The highest BCUT2D eigenvalue weighted by molar-refractivity contribution is 14.1. The van der Waals surface area contributed by atoms with Crippen LogP contribution in [0.4, 0.5) is 0 Å². The Labute approximate surface area is 123 Å². The highest BCUT2D eigenvalue weighted by Gasteiger charge is 2.31. The van der Waals surface area contributed by atoms with Gasteiger partial charge >= 0.3 is 0 Å². The number of ether oxygens (including phenoxy) is 1. The molecule has 1 aliphatic heterocycles. The molecule has 1 heterocycles. The van der Waals surface area contributed by atoms with E-state index in [2.05, 4.69) is 65.6 Å². The van der Waals surface area contributed by atoms with E-state index < -0.39 is 0 Å². The van der Waals surface area contributed by atoms with Gasteiger partial charge in [0, 0.05) is 29.2 Å². The van der Waals surface area contributed by atoms with Crippen molar-refractivity contribution in [2.75, 3.05) is 26.2 Å². The molecule has 1 aromatic carbocycles. The molecule has 1 aliphatic rings.